The molecule has 2 aromatic carbocycles. The number of hydrogen-bond donors (Lipinski definition) is 3. The maximum atomic E-state index is 12.7. The molecular weight excluding hydrogens is 532 g/mol. The third-order valence-corrected chi connectivity index (χ3v) is 6.68. The van der Waals surface area contributed by atoms with Gasteiger partial charge in [0.25, 0.3) is 0 Å². The third-order valence-electron chi connectivity index (χ3n) is 5.82. The van der Waals surface area contributed by atoms with Crippen LogP contribution in [0.4, 0.5) is 17.6 Å². The molecular formula is C27H28N8O4S. The van der Waals surface area contributed by atoms with Gasteiger partial charge in [-0.25, -0.2) is 23.4 Å². The molecule has 0 bridgehead atoms. The van der Waals surface area contributed by atoms with E-state index in [1.54, 1.807) is 43.5 Å². The lowest BCUT2D eigenvalue weighted by Crippen LogP contribution is -2.23. The van der Waals surface area contributed by atoms with Crippen molar-refractivity contribution in [1.29, 1.82) is 0 Å². The van der Waals surface area contributed by atoms with Crippen LogP contribution in [0, 0.1) is 6.92 Å². The van der Waals surface area contributed by atoms with Crippen molar-refractivity contribution in [3.63, 3.8) is 0 Å². The lowest BCUT2D eigenvalue weighted by atomic mass is 10.2. The van der Waals surface area contributed by atoms with Crippen LogP contribution in [0.3, 0.4) is 0 Å². The predicted molar refractivity (Wildman–Crippen MR) is 150 cm³/mol. The number of para-hydroxylation sites is 2. The van der Waals surface area contributed by atoms with Gasteiger partial charge in [-0.3, -0.25) is 20.0 Å². The SMILES string of the molecule is Cc1cc(CC(=O)Nc2nc3ccccc3n2CNCc2ccnc(Nc3cccc(CS(C)(=O)=O)c3)n2)on1. The summed E-state index contributed by atoms with van der Waals surface area (Å²) < 4.78 is 30.3. The van der Waals surface area contributed by atoms with Gasteiger partial charge in [0.05, 0.1) is 41.3 Å². The first-order chi connectivity index (χ1) is 19.2. The van der Waals surface area contributed by atoms with Gasteiger partial charge < -0.3 is 9.84 Å². The summed E-state index contributed by atoms with van der Waals surface area (Å²) in [5.41, 5.74) is 4.43. The molecule has 0 atom stereocenters. The minimum Gasteiger partial charge on any atom is -0.361 e. The first-order valence-corrected chi connectivity index (χ1v) is 14.5. The molecule has 0 fully saturated rings. The molecule has 0 unspecified atom stereocenters. The van der Waals surface area contributed by atoms with Crippen molar-refractivity contribution in [3.8, 4) is 0 Å². The normalized spacial score (nSPS) is 11.6. The summed E-state index contributed by atoms with van der Waals surface area (Å²) in [4.78, 5) is 26.1. The van der Waals surface area contributed by atoms with Gasteiger partial charge in [-0.2, -0.15) is 0 Å². The molecule has 40 heavy (non-hydrogen) atoms. The van der Waals surface area contributed by atoms with E-state index in [0.717, 1.165) is 16.7 Å². The number of sulfone groups is 1. The Hall–Kier alpha value is -4.62. The van der Waals surface area contributed by atoms with E-state index in [1.165, 1.54) is 6.26 Å². The quantitative estimate of drug-likeness (QED) is 0.219. The Labute approximate surface area is 230 Å². The number of nitrogens with one attached hydrogen (secondary N) is 3. The smallest absolute Gasteiger partial charge is 0.234 e. The van der Waals surface area contributed by atoms with Crippen molar-refractivity contribution in [1.82, 2.24) is 30.0 Å². The molecule has 0 saturated heterocycles. The molecule has 3 N–H and O–H groups in total. The number of hydrogen-bond acceptors (Lipinski definition) is 10. The van der Waals surface area contributed by atoms with Crippen LogP contribution in [-0.4, -0.2) is 45.3 Å². The van der Waals surface area contributed by atoms with Crippen LogP contribution < -0.4 is 16.0 Å². The van der Waals surface area contributed by atoms with Crippen LogP contribution in [-0.2, 0) is 40.0 Å². The number of benzene rings is 2. The predicted octanol–water partition coefficient (Wildman–Crippen LogP) is 3.34. The molecule has 3 aromatic heterocycles. The van der Waals surface area contributed by atoms with Crippen molar-refractivity contribution in [2.45, 2.75) is 32.3 Å². The van der Waals surface area contributed by atoms with Gasteiger partial charge in [0, 0.05) is 30.8 Å². The van der Waals surface area contributed by atoms with Gasteiger partial charge in [-0.05, 0) is 42.8 Å². The first-order valence-electron chi connectivity index (χ1n) is 12.5. The zero-order valence-electron chi connectivity index (χ0n) is 22.0. The number of aryl methyl sites for hydroxylation is 1. The molecule has 0 aliphatic heterocycles. The monoisotopic (exact) mass is 560 g/mol. The third kappa shape index (κ3) is 7.07. The summed E-state index contributed by atoms with van der Waals surface area (Å²) in [5.74, 6) is 0.970. The summed E-state index contributed by atoms with van der Waals surface area (Å²) in [6.45, 7) is 2.58. The van der Waals surface area contributed by atoms with Crippen LogP contribution in [0.1, 0.15) is 22.7 Å². The molecule has 0 aliphatic carbocycles. The Morgan fingerprint density at radius 1 is 1.05 bits per heavy atom. The minimum atomic E-state index is -3.14. The Morgan fingerprint density at radius 2 is 1.90 bits per heavy atom. The Kier molecular flexibility index (Phi) is 7.84. The molecule has 5 aromatic rings. The van der Waals surface area contributed by atoms with Crippen molar-refractivity contribution < 1.29 is 17.7 Å². The van der Waals surface area contributed by atoms with E-state index in [9.17, 15) is 13.2 Å². The highest BCUT2D eigenvalue weighted by Crippen LogP contribution is 2.20. The fraction of sp³-hybridized carbons (Fsp3) is 0.222. The highest BCUT2D eigenvalue weighted by Gasteiger charge is 2.15. The largest absolute Gasteiger partial charge is 0.361 e. The van der Waals surface area contributed by atoms with Gasteiger partial charge in [-0.1, -0.05) is 29.4 Å². The summed E-state index contributed by atoms with van der Waals surface area (Å²) in [6.07, 6.45) is 2.90. The van der Waals surface area contributed by atoms with Crippen LogP contribution in [0.5, 0.6) is 0 Å². The fourth-order valence-corrected chi connectivity index (χ4v) is 4.96. The van der Waals surface area contributed by atoms with Crippen LogP contribution >= 0.6 is 0 Å². The molecule has 0 radical (unpaired) electrons. The van der Waals surface area contributed by atoms with E-state index >= 15 is 0 Å². The van der Waals surface area contributed by atoms with Crippen molar-refractivity contribution in [2.24, 2.45) is 0 Å². The topological polar surface area (TPSA) is 157 Å². The zero-order valence-corrected chi connectivity index (χ0v) is 22.8. The second kappa shape index (κ2) is 11.6. The van der Waals surface area contributed by atoms with E-state index in [4.69, 9.17) is 4.52 Å². The average Bonchev–Trinajstić information content (AvgIpc) is 3.46. The first kappa shape index (κ1) is 27.0. The van der Waals surface area contributed by atoms with E-state index in [-0.39, 0.29) is 18.1 Å². The van der Waals surface area contributed by atoms with E-state index in [0.29, 0.717) is 47.8 Å². The number of fused-ring (bicyclic) bond motifs is 1. The Bertz CT molecular complexity index is 1760. The summed E-state index contributed by atoms with van der Waals surface area (Å²) in [7, 11) is -3.14. The molecule has 3 heterocycles. The second-order valence-corrected chi connectivity index (χ2v) is 11.5. The zero-order chi connectivity index (χ0) is 28.1. The maximum absolute atomic E-state index is 12.7. The summed E-state index contributed by atoms with van der Waals surface area (Å²) in [6, 6.07) is 18.3. The second-order valence-electron chi connectivity index (χ2n) is 9.36. The number of anilines is 3. The molecule has 13 heteroatoms. The van der Waals surface area contributed by atoms with E-state index in [2.05, 4.69) is 36.1 Å². The van der Waals surface area contributed by atoms with Crippen LogP contribution in [0.25, 0.3) is 11.0 Å². The molecule has 12 nitrogen and oxygen atoms in total. The van der Waals surface area contributed by atoms with Crippen molar-refractivity contribution in [2.75, 3.05) is 16.9 Å². The molecule has 1 amide bonds. The highest BCUT2D eigenvalue weighted by atomic mass is 32.2. The standard InChI is InChI=1S/C27H28N8O4S/c1-18-12-22(39-34-18)14-25(36)33-27-32-23-8-3-4-9-24(23)35(27)17-28-15-21-10-11-29-26(31-21)30-20-7-5-6-19(13-20)16-40(2,37)38/h3-13,28H,14-17H2,1-2H3,(H,29,30,31)(H,32,33,36). The molecule has 5 rings (SSSR count). The van der Waals surface area contributed by atoms with E-state index < -0.39 is 9.84 Å². The summed E-state index contributed by atoms with van der Waals surface area (Å²) in [5, 5.41) is 13.2. The number of rotatable bonds is 11. The van der Waals surface area contributed by atoms with Gasteiger partial charge in [0.2, 0.25) is 17.8 Å². The number of carbonyl (C=O) groups is 1. The number of amides is 1. The van der Waals surface area contributed by atoms with Gasteiger partial charge >= 0.3 is 0 Å². The van der Waals surface area contributed by atoms with Gasteiger partial charge in [0.15, 0.2) is 9.84 Å². The number of aromatic nitrogens is 5. The van der Waals surface area contributed by atoms with Gasteiger partial charge in [0.1, 0.15) is 5.76 Å². The van der Waals surface area contributed by atoms with E-state index in [1.807, 2.05) is 34.9 Å². The minimum absolute atomic E-state index is 0.0432. The van der Waals surface area contributed by atoms with Crippen LogP contribution in [0.15, 0.2) is 71.4 Å². The lowest BCUT2D eigenvalue weighted by molar-refractivity contribution is -0.115. The van der Waals surface area contributed by atoms with Crippen LogP contribution in [0.2, 0.25) is 0 Å². The summed E-state index contributed by atoms with van der Waals surface area (Å²) >= 11 is 0. The molecule has 0 spiro atoms. The molecule has 0 saturated carbocycles. The fourth-order valence-electron chi connectivity index (χ4n) is 4.18. The number of nitrogens with zero attached hydrogens (tertiary/aromatic N) is 5. The average molecular weight is 561 g/mol. The Balaban J connectivity index is 1.25. The van der Waals surface area contributed by atoms with Crippen molar-refractivity contribution in [3.05, 3.63) is 89.6 Å². The molecule has 206 valence electrons. The number of carbonyl (C=O) groups excluding carboxylic acids is 1. The maximum Gasteiger partial charge on any atom is 0.234 e. The van der Waals surface area contributed by atoms with Gasteiger partial charge in [-0.15, -0.1) is 0 Å². The highest BCUT2D eigenvalue weighted by molar-refractivity contribution is 7.89. The Morgan fingerprint density at radius 3 is 2.70 bits per heavy atom. The number of imidazole rings is 1. The lowest BCUT2D eigenvalue weighted by Gasteiger charge is -2.12. The molecule has 0 aliphatic rings. The van der Waals surface area contributed by atoms with Crippen molar-refractivity contribution >= 4 is 44.4 Å².